The second-order valence-electron chi connectivity index (χ2n) is 6.35. The number of hydrogen-bond acceptors (Lipinski definition) is 4. The van der Waals surface area contributed by atoms with Crippen LogP contribution in [0.2, 0.25) is 5.02 Å². The van der Waals surface area contributed by atoms with E-state index in [2.05, 4.69) is 15.6 Å². The Kier molecular flexibility index (Phi) is 7.00. The monoisotopic (exact) mass is 395 g/mol. The minimum Gasteiger partial charge on any atom is -0.383 e. The molecule has 1 atom stereocenters. The minimum absolute atomic E-state index is 0.154. The van der Waals surface area contributed by atoms with Crippen molar-refractivity contribution in [3.05, 3.63) is 89.1 Å². The Hall–Kier alpha value is -2.89. The molecule has 0 radical (unpaired) electrons. The normalized spacial score (nSPS) is 11.6. The maximum Gasteiger partial charge on any atom is 0.255 e. The highest BCUT2D eigenvalue weighted by Gasteiger charge is 2.18. The number of halogens is 1. The van der Waals surface area contributed by atoms with Crippen LogP contribution in [0.5, 0.6) is 0 Å². The summed E-state index contributed by atoms with van der Waals surface area (Å²) >= 11 is 6.04. The van der Waals surface area contributed by atoms with Gasteiger partial charge in [-0.2, -0.15) is 0 Å². The first kappa shape index (κ1) is 19.9. The van der Waals surface area contributed by atoms with Gasteiger partial charge in [0.05, 0.1) is 18.2 Å². The van der Waals surface area contributed by atoms with Gasteiger partial charge < -0.3 is 15.4 Å². The maximum absolute atomic E-state index is 12.9. The molecule has 0 aliphatic heterocycles. The highest BCUT2D eigenvalue weighted by molar-refractivity contribution is 6.30. The van der Waals surface area contributed by atoms with Crippen LogP contribution in [-0.2, 0) is 11.2 Å². The third kappa shape index (κ3) is 5.55. The van der Waals surface area contributed by atoms with E-state index >= 15 is 0 Å². The number of carbonyl (C=O) groups excluding carboxylic acids is 1. The number of ether oxygens (including phenoxy) is 1. The van der Waals surface area contributed by atoms with Gasteiger partial charge in [-0.05, 0) is 42.3 Å². The van der Waals surface area contributed by atoms with E-state index in [0.29, 0.717) is 29.4 Å². The van der Waals surface area contributed by atoms with Gasteiger partial charge in [0.15, 0.2) is 0 Å². The van der Waals surface area contributed by atoms with Crippen molar-refractivity contribution < 1.29 is 9.53 Å². The minimum atomic E-state index is -0.212. The number of aromatic nitrogens is 1. The molecule has 2 aromatic carbocycles. The Morgan fingerprint density at radius 1 is 1.11 bits per heavy atom. The molecule has 0 spiro atoms. The van der Waals surface area contributed by atoms with Crippen molar-refractivity contribution in [2.45, 2.75) is 12.5 Å². The summed E-state index contributed by atoms with van der Waals surface area (Å²) < 4.78 is 5.29. The number of anilines is 2. The van der Waals surface area contributed by atoms with Crippen molar-refractivity contribution in [3.63, 3.8) is 0 Å². The summed E-state index contributed by atoms with van der Waals surface area (Å²) in [7, 11) is 1.63. The largest absolute Gasteiger partial charge is 0.383 e. The molecular weight excluding hydrogens is 374 g/mol. The van der Waals surface area contributed by atoms with Gasteiger partial charge in [-0.1, -0.05) is 48.0 Å². The first-order valence-corrected chi connectivity index (χ1v) is 9.35. The number of methoxy groups -OCH3 is 1. The second-order valence-corrected chi connectivity index (χ2v) is 6.79. The summed E-state index contributed by atoms with van der Waals surface area (Å²) in [5.41, 5.74) is 2.35. The zero-order valence-corrected chi connectivity index (χ0v) is 16.3. The van der Waals surface area contributed by atoms with Crippen LogP contribution in [0.25, 0.3) is 0 Å². The number of pyridine rings is 1. The van der Waals surface area contributed by atoms with Crippen LogP contribution in [0.4, 0.5) is 11.5 Å². The molecule has 6 heteroatoms. The van der Waals surface area contributed by atoms with Gasteiger partial charge in [-0.3, -0.25) is 4.79 Å². The lowest BCUT2D eigenvalue weighted by Crippen LogP contribution is -2.39. The molecule has 1 heterocycles. The smallest absolute Gasteiger partial charge is 0.255 e. The fraction of sp³-hybridized carbons (Fsp3) is 0.182. The van der Waals surface area contributed by atoms with Gasteiger partial charge in [0.2, 0.25) is 0 Å². The predicted molar refractivity (Wildman–Crippen MR) is 112 cm³/mol. The Morgan fingerprint density at radius 2 is 1.93 bits per heavy atom. The summed E-state index contributed by atoms with van der Waals surface area (Å²) in [6.07, 6.45) is 2.32. The molecule has 3 aromatic rings. The number of amides is 1. The molecule has 3 rings (SSSR count). The average molecular weight is 396 g/mol. The fourth-order valence-corrected chi connectivity index (χ4v) is 3.10. The van der Waals surface area contributed by atoms with Crippen LogP contribution in [0.1, 0.15) is 15.9 Å². The van der Waals surface area contributed by atoms with E-state index in [1.54, 1.807) is 37.6 Å². The molecule has 28 heavy (non-hydrogen) atoms. The van der Waals surface area contributed by atoms with Crippen molar-refractivity contribution in [1.82, 2.24) is 10.3 Å². The summed E-state index contributed by atoms with van der Waals surface area (Å²) in [6.45, 7) is 0.415. The lowest BCUT2D eigenvalue weighted by atomic mass is 10.1. The van der Waals surface area contributed by atoms with Gasteiger partial charge in [-0.25, -0.2) is 4.98 Å². The van der Waals surface area contributed by atoms with E-state index < -0.39 is 0 Å². The van der Waals surface area contributed by atoms with Crippen LogP contribution in [0, 0.1) is 0 Å². The van der Waals surface area contributed by atoms with E-state index in [9.17, 15) is 4.79 Å². The SMILES string of the molecule is COC[C@H](Cc1ccccc1)NC(=O)c1cccnc1Nc1cccc(Cl)c1. The van der Waals surface area contributed by atoms with Crippen molar-refractivity contribution in [3.8, 4) is 0 Å². The van der Waals surface area contributed by atoms with Crippen LogP contribution >= 0.6 is 11.6 Å². The molecular formula is C22H22ClN3O2. The quantitative estimate of drug-likeness (QED) is 0.590. The van der Waals surface area contributed by atoms with Gasteiger partial charge in [0.25, 0.3) is 5.91 Å². The third-order valence-electron chi connectivity index (χ3n) is 4.17. The average Bonchev–Trinajstić information content (AvgIpc) is 2.69. The molecule has 0 aliphatic carbocycles. The van der Waals surface area contributed by atoms with Crippen LogP contribution < -0.4 is 10.6 Å². The molecule has 5 nitrogen and oxygen atoms in total. The second kappa shape index (κ2) is 9.88. The molecule has 0 aliphatic rings. The fourth-order valence-electron chi connectivity index (χ4n) is 2.91. The molecule has 0 unspecified atom stereocenters. The number of benzene rings is 2. The number of nitrogens with zero attached hydrogens (tertiary/aromatic N) is 1. The summed E-state index contributed by atoms with van der Waals surface area (Å²) in [5.74, 6) is 0.258. The summed E-state index contributed by atoms with van der Waals surface area (Å²) in [5, 5.41) is 6.82. The molecule has 0 bridgehead atoms. The zero-order chi connectivity index (χ0) is 19.8. The Morgan fingerprint density at radius 3 is 2.68 bits per heavy atom. The van der Waals surface area contributed by atoms with Crippen LogP contribution in [-0.4, -0.2) is 30.6 Å². The number of nitrogens with one attached hydrogen (secondary N) is 2. The van der Waals surface area contributed by atoms with Gasteiger partial charge in [0.1, 0.15) is 5.82 Å². The first-order chi connectivity index (χ1) is 13.7. The summed E-state index contributed by atoms with van der Waals surface area (Å²) in [4.78, 5) is 17.2. The molecule has 2 N–H and O–H groups in total. The molecule has 1 amide bonds. The Bertz CT molecular complexity index is 918. The predicted octanol–water partition coefficient (Wildman–Crippen LogP) is 4.47. The number of carbonyl (C=O) groups is 1. The molecule has 0 fully saturated rings. The van der Waals surface area contributed by atoms with Crippen molar-refractivity contribution in [2.24, 2.45) is 0 Å². The highest BCUT2D eigenvalue weighted by Crippen LogP contribution is 2.21. The zero-order valence-electron chi connectivity index (χ0n) is 15.6. The van der Waals surface area contributed by atoms with Gasteiger partial charge >= 0.3 is 0 Å². The summed E-state index contributed by atoms with van der Waals surface area (Å²) in [6, 6.07) is 20.6. The molecule has 1 aromatic heterocycles. The van der Waals surface area contributed by atoms with E-state index in [-0.39, 0.29) is 11.9 Å². The van der Waals surface area contributed by atoms with Crippen LogP contribution in [0.3, 0.4) is 0 Å². The lowest BCUT2D eigenvalue weighted by molar-refractivity contribution is 0.0897. The van der Waals surface area contributed by atoms with Crippen molar-refractivity contribution >= 4 is 29.0 Å². The number of rotatable bonds is 8. The van der Waals surface area contributed by atoms with E-state index in [4.69, 9.17) is 16.3 Å². The van der Waals surface area contributed by atoms with E-state index in [0.717, 1.165) is 11.3 Å². The molecule has 0 saturated heterocycles. The first-order valence-electron chi connectivity index (χ1n) is 8.97. The van der Waals surface area contributed by atoms with Crippen molar-refractivity contribution in [2.75, 3.05) is 19.0 Å². The molecule has 0 saturated carbocycles. The highest BCUT2D eigenvalue weighted by atomic mass is 35.5. The van der Waals surface area contributed by atoms with Gasteiger partial charge in [0, 0.05) is 24.0 Å². The maximum atomic E-state index is 12.9. The van der Waals surface area contributed by atoms with Gasteiger partial charge in [-0.15, -0.1) is 0 Å². The number of hydrogen-bond donors (Lipinski definition) is 2. The van der Waals surface area contributed by atoms with E-state index in [1.165, 1.54) is 0 Å². The van der Waals surface area contributed by atoms with E-state index in [1.807, 2.05) is 42.5 Å². The standard InChI is InChI=1S/C22H22ClN3O2/c1-28-15-19(13-16-7-3-2-4-8-16)26-22(27)20-11-6-12-24-21(20)25-18-10-5-9-17(23)14-18/h2-12,14,19H,13,15H2,1H3,(H,24,25)(H,26,27)/t19-/m0/s1. The Labute approximate surface area is 169 Å². The Balaban J connectivity index is 1.75. The third-order valence-corrected chi connectivity index (χ3v) is 4.40. The molecule has 144 valence electrons. The van der Waals surface area contributed by atoms with Crippen LogP contribution in [0.15, 0.2) is 72.9 Å². The lowest BCUT2D eigenvalue weighted by Gasteiger charge is -2.19. The van der Waals surface area contributed by atoms with Crippen molar-refractivity contribution in [1.29, 1.82) is 0 Å². The topological polar surface area (TPSA) is 63.2 Å².